The van der Waals surface area contributed by atoms with E-state index >= 15 is 0 Å². The van der Waals surface area contributed by atoms with Crippen molar-refractivity contribution in [2.24, 2.45) is 0 Å². The fourth-order valence-corrected chi connectivity index (χ4v) is 4.17. The molecule has 0 radical (unpaired) electrons. The molecule has 1 unspecified atom stereocenters. The first-order valence-electron chi connectivity index (χ1n) is 11.6. The Morgan fingerprint density at radius 1 is 0.971 bits per heavy atom. The molecule has 3 aromatic rings. The SMILES string of the molecule is CCNC(=O)c1cn(CCc2ccccc2)cc(C(=O)NCC2OCCc3ccccc32)c1=O. The fourth-order valence-electron chi connectivity index (χ4n) is 4.17. The Morgan fingerprint density at radius 3 is 2.38 bits per heavy atom. The lowest BCUT2D eigenvalue weighted by atomic mass is 9.97. The molecule has 1 aromatic heterocycles. The van der Waals surface area contributed by atoms with E-state index in [1.54, 1.807) is 11.5 Å². The predicted octanol–water partition coefficient (Wildman–Crippen LogP) is 2.88. The zero-order valence-corrected chi connectivity index (χ0v) is 19.3. The van der Waals surface area contributed by atoms with Crippen LogP contribution < -0.4 is 16.1 Å². The molecule has 1 atom stereocenters. The van der Waals surface area contributed by atoms with Gasteiger partial charge in [-0.25, -0.2) is 0 Å². The Kier molecular flexibility index (Phi) is 7.54. The third-order valence-corrected chi connectivity index (χ3v) is 5.95. The van der Waals surface area contributed by atoms with Gasteiger partial charge in [0.15, 0.2) is 0 Å². The number of aryl methyl sites for hydroxylation is 2. The van der Waals surface area contributed by atoms with Gasteiger partial charge in [-0.05, 0) is 36.5 Å². The summed E-state index contributed by atoms with van der Waals surface area (Å²) in [7, 11) is 0. The maximum Gasteiger partial charge on any atom is 0.256 e. The number of rotatable bonds is 8. The quantitative estimate of drug-likeness (QED) is 0.542. The molecule has 7 heteroatoms. The zero-order chi connectivity index (χ0) is 23.9. The molecule has 0 spiro atoms. The lowest BCUT2D eigenvalue weighted by molar-refractivity contribution is 0.0411. The number of nitrogens with zero attached hydrogens (tertiary/aromatic N) is 1. The van der Waals surface area contributed by atoms with E-state index in [0.717, 1.165) is 17.5 Å². The number of pyridine rings is 1. The molecule has 0 aliphatic carbocycles. The largest absolute Gasteiger partial charge is 0.371 e. The minimum atomic E-state index is -0.579. The standard InChI is InChI=1S/C27H29N3O4/c1-2-28-26(32)22-17-30(14-12-19-8-4-3-5-9-19)18-23(25(22)31)27(33)29-16-24-21-11-7-6-10-20(21)13-15-34-24/h3-11,17-18,24H,2,12-16H2,1H3,(H,28,32)(H,29,33). The van der Waals surface area contributed by atoms with Crippen LogP contribution in [-0.4, -0.2) is 36.1 Å². The van der Waals surface area contributed by atoms with Gasteiger partial charge in [0.2, 0.25) is 5.43 Å². The molecule has 34 heavy (non-hydrogen) atoms. The molecule has 0 bridgehead atoms. The van der Waals surface area contributed by atoms with Crippen LogP contribution in [0.5, 0.6) is 0 Å². The van der Waals surface area contributed by atoms with E-state index in [-0.39, 0.29) is 23.8 Å². The van der Waals surface area contributed by atoms with Crippen molar-refractivity contribution in [3.63, 3.8) is 0 Å². The van der Waals surface area contributed by atoms with Crippen LogP contribution in [-0.2, 0) is 24.1 Å². The van der Waals surface area contributed by atoms with Crippen molar-refractivity contribution in [2.45, 2.75) is 32.4 Å². The van der Waals surface area contributed by atoms with Crippen LogP contribution in [0.4, 0.5) is 0 Å². The van der Waals surface area contributed by atoms with Crippen molar-refractivity contribution in [2.75, 3.05) is 19.7 Å². The molecular weight excluding hydrogens is 430 g/mol. The average molecular weight is 460 g/mol. The number of carbonyl (C=O) groups is 2. The Hall–Kier alpha value is -3.71. The number of hydrogen-bond donors (Lipinski definition) is 2. The summed E-state index contributed by atoms with van der Waals surface area (Å²) in [4.78, 5) is 38.6. The maximum atomic E-state index is 13.1. The van der Waals surface area contributed by atoms with E-state index in [4.69, 9.17) is 4.74 Å². The van der Waals surface area contributed by atoms with Crippen molar-refractivity contribution in [3.8, 4) is 0 Å². The minimum absolute atomic E-state index is 0.0400. The second-order valence-electron chi connectivity index (χ2n) is 8.27. The number of benzene rings is 2. The van der Waals surface area contributed by atoms with Gasteiger partial charge in [0.25, 0.3) is 11.8 Å². The summed E-state index contributed by atoms with van der Waals surface area (Å²) in [6.07, 6.45) is 4.31. The highest BCUT2D eigenvalue weighted by atomic mass is 16.5. The molecule has 2 amide bonds. The fraction of sp³-hybridized carbons (Fsp3) is 0.296. The Bertz CT molecular complexity index is 1220. The van der Waals surface area contributed by atoms with Gasteiger partial charge in [0, 0.05) is 32.0 Å². The highest BCUT2D eigenvalue weighted by Crippen LogP contribution is 2.26. The van der Waals surface area contributed by atoms with Gasteiger partial charge in [0.05, 0.1) is 6.61 Å². The summed E-state index contributed by atoms with van der Waals surface area (Å²) in [5, 5.41) is 5.50. The van der Waals surface area contributed by atoms with Crippen LogP contribution >= 0.6 is 0 Å². The Morgan fingerprint density at radius 2 is 1.65 bits per heavy atom. The highest BCUT2D eigenvalue weighted by molar-refractivity contribution is 5.99. The lowest BCUT2D eigenvalue weighted by Gasteiger charge is -2.26. The number of carbonyl (C=O) groups excluding carboxylic acids is 2. The smallest absolute Gasteiger partial charge is 0.256 e. The molecule has 0 saturated carbocycles. The number of fused-ring (bicyclic) bond motifs is 1. The summed E-state index contributed by atoms with van der Waals surface area (Å²) in [5.41, 5.74) is 2.70. The average Bonchev–Trinajstić information content (AvgIpc) is 2.87. The van der Waals surface area contributed by atoms with Crippen LogP contribution in [0.25, 0.3) is 0 Å². The van der Waals surface area contributed by atoms with E-state index in [1.165, 1.54) is 18.0 Å². The number of nitrogens with one attached hydrogen (secondary N) is 2. The van der Waals surface area contributed by atoms with E-state index in [0.29, 0.717) is 26.1 Å². The van der Waals surface area contributed by atoms with Crippen molar-refractivity contribution >= 4 is 11.8 Å². The second-order valence-corrected chi connectivity index (χ2v) is 8.27. The highest BCUT2D eigenvalue weighted by Gasteiger charge is 2.23. The lowest BCUT2D eigenvalue weighted by Crippen LogP contribution is -2.37. The van der Waals surface area contributed by atoms with Crippen LogP contribution in [0.3, 0.4) is 0 Å². The third-order valence-electron chi connectivity index (χ3n) is 5.95. The number of amides is 2. The third kappa shape index (κ3) is 5.43. The van der Waals surface area contributed by atoms with Crippen LogP contribution in [0.2, 0.25) is 0 Å². The molecule has 1 aliphatic rings. The topological polar surface area (TPSA) is 89.4 Å². The van der Waals surface area contributed by atoms with Gasteiger partial charge in [-0.15, -0.1) is 0 Å². The first kappa shape index (κ1) is 23.4. The van der Waals surface area contributed by atoms with Crippen LogP contribution in [0, 0.1) is 0 Å². The Labute approximate surface area is 198 Å². The molecule has 0 fully saturated rings. The summed E-state index contributed by atoms with van der Waals surface area (Å²) in [6.45, 7) is 3.51. The summed E-state index contributed by atoms with van der Waals surface area (Å²) < 4.78 is 7.60. The van der Waals surface area contributed by atoms with E-state index in [9.17, 15) is 14.4 Å². The van der Waals surface area contributed by atoms with Crippen LogP contribution in [0.1, 0.15) is 50.4 Å². The van der Waals surface area contributed by atoms with Gasteiger partial charge in [-0.3, -0.25) is 14.4 Å². The number of ether oxygens (including phenoxy) is 1. The molecular formula is C27H29N3O4. The monoisotopic (exact) mass is 459 g/mol. The first-order chi connectivity index (χ1) is 16.6. The van der Waals surface area contributed by atoms with Crippen molar-refractivity contribution in [1.82, 2.24) is 15.2 Å². The van der Waals surface area contributed by atoms with Gasteiger partial charge in [0.1, 0.15) is 17.2 Å². The maximum absolute atomic E-state index is 13.1. The molecule has 7 nitrogen and oxygen atoms in total. The van der Waals surface area contributed by atoms with E-state index < -0.39 is 17.2 Å². The second kappa shape index (κ2) is 10.9. The van der Waals surface area contributed by atoms with Crippen molar-refractivity contribution < 1.29 is 14.3 Å². The van der Waals surface area contributed by atoms with Crippen molar-refractivity contribution in [3.05, 3.63) is 105 Å². The Balaban J connectivity index is 1.55. The minimum Gasteiger partial charge on any atom is -0.371 e. The van der Waals surface area contributed by atoms with Gasteiger partial charge < -0.3 is 19.9 Å². The normalized spacial score (nSPS) is 14.8. The summed E-state index contributed by atoms with van der Waals surface area (Å²) in [6, 6.07) is 17.9. The molecule has 2 aromatic carbocycles. The molecule has 2 N–H and O–H groups in total. The molecule has 1 aliphatic heterocycles. The summed E-state index contributed by atoms with van der Waals surface area (Å²) >= 11 is 0. The van der Waals surface area contributed by atoms with E-state index in [2.05, 4.69) is 16.7 Å². The molecule has 2 heterocycles. The predicted molar refractivity (Wildman–Crippen MR) is 130 cm³/mol. The van der Waals surface area contributed by atoms with E-state index in [1.807, 2.05) is 48.5 Å². The first-order valence-corrected chi connectivity index (χ1v) is 11.6. The van der Waals surface area contributed by atoms with Crippen molar-refractivity contribution in [1.29, 1.82) is 0 Å². The van der Waals surface area contributed by atoms with Gasteiger partial charge in [-0.2, -0.15) is 0 Å². The van der Waals surface area contributed by atoms with Gasteiger partial charge >= 0.3 is 0 Å². The zero-order valence-electron chi connectivity index (χ0n) is 19.3. The molecule has 4 rings (SSSR count). The summed E-state index contributed by atoms with van der Waals surface area (Å²) in [5.74, 6) is -1.00. The molecule has 0 saturated heterocycles. The van der Waals surface area contributed by atoms with Crippen LogP contribution in [0.15, 0.2) is 71.8 Å². The number of aromatic nitrogens is 1. The van der Waals surface area contributed by atoms with Gasteiger partial charge in [-0.1, -0.05) is 54.6 Å². The number of hydrogen-bond acceptors (Lipinski definition) is 4. The molecule has 176 valence electrons.